The van der Waals surface area contributed by atoms with Gasteiger partial charge in [-0.25, -0.2) is 0 Å². The van der Waals surface area contributed by atoms with Crippen LogP contribution in [-0.2, 0) is 4.79 Å². The summed E-state index contributed by atoms with van der Waals surface area (Å²) >= 11 is 0. The Balaban J connectivity index is 3.70. The summed E-state index contributed by atoms with van der Waals surface area (Å²) in [4.78, 5) is 12.8. The van der Waals surface area contributed by atoms with Crippen LogP contribution in [-0.4, -0.2) is 62.3 Å². The molecule has 0 aliphatic rings. The largest absolute Gasteiger partial charge is 0.388 e. The summed E-state index contributed by atoms with van der Waals surface area (Å²) in [5, 5.41) is 15.2. The monoisotopic (exact) mass is 203 g/mol. The van der Waals surface area contributed by atoms with Crippen LogP contribution in [0.3, 0.4) is 0 Å². The number of carbonyl (C=O) groups excluding carboxylic acids is 1. The van der Waals surface area contributed by atoms with Crippen molar-refractivity contribution in [3.8, 4) is 0 Å². The predicted molar refractivity (Wildman–Crippen MR) is 56.1 cm³/mol. The smallest absolute Gasteiger partial charge is 0.233 e. The standard InChI is InChI=1S/C9H21N3O2/c1-9(14,7-12(3)4)6-11-5-8(13)10-2/h11,14H,5-7H2,1-4H3,(H,10,13). The average Bonchev–Trinajstić information content (AvgIpc) is 2.01. The molecule has 1 atom stereocenters. The predicted octanol–water partition coefficient (Wildman–Crippen LogP) is -1.37. The van der Waals surface area contributed by atoms with Gasteiger partial charge in [0.1, 0.15) is 0 Å². The zero-order valence-electron chi connectivity index (χ0n) is 9.42. The number of hydrogen-bond acceptors (Lipinski definition) is 4. The molecule has 0 radical (unpaired) electrons. The van der Waals surface area contributed by atoms with E-state index in [0.717, 1.165) is 0 Å². The van der Waals surface area contributed by atoms with Gasteiger partial charge in [-0.15, -0.1) is 0 Å². The molecular formula is C9H21N3O2. The molecule has 1 unspecified atom stereocenters. The van der Waals surface area contributed by atoms with Gasteiger partial charge in [0.25, 0.3) is 0 Å². The molecule has 3 N–H and O–H groups in total. The maximum Gasteiger partial charge on any atom is 0.233 e. The zero-order valence-corrected chi connectivity index (χ0v) is 9.42. The van der Waals surface area contributed by atoms with E-state index in [2.05, 4.69) is 10.6 Å². The number of hydrogen-bond donors (Lipinski definition) is 3. The first-order valence-corrected chi connectivity index (χ1v) is 4.66. The Labute approximate surface area is 85.5 Å². The molecule has 0 aromatic rings. The first-order chi connectivity index (χ1) is 6.37. The highest BCUT2D eigenvalue weighted by atomic mass is 16.3. The summed E-state index contributed by atoms with van der Waals surface area (Å²) in [6.07, 6.45) is 0. The maximum atomic E-state index is 10.9. The lowest BCUT2D eigenvalue weighted by molar-refractivity contribution is -0.119. The van der Waals surface area contributed by atoms with Crippen LogP contribution in [0.4, 0.5) is 0 Å². The highest BCUT2D eigenvalue weighted by molar-refractivity contribution is 5.77. The van der Waals surface area contributed by atoms with Crippen molar-refractivity contribution in [2.75, 3.05) is 40.8 Å². The second kappa shape index (κ2) is 5.95. The van der Waals surface area contributed by atoms with E-state index >= 15 is 0 Å². The van der Waals surface area contributed by atoms with Crippen molar-refractivity contribution >= 4 is 5.91 Å². The van der Waals surface area contributed by atoms with Crippen LogP contribution in [0.5, 0.6) is 0 Å². The van der Waals surface area contributed by atoms with Gasteiger partial charge in [-0.3, -0.25) is 4.79 Å². The molecule has 5 heteroatoms. The summed E-state index contributed by atoms with van der Waals surface area (Å²) in [6.45, 7) is 2.94. The van der Waals surface area contributed by atoms with Crippen molar-refractivity contribution in [3.63, 3.8) is 0 Å². The Bertz CT molecular complexity index is 181. The Morgan fingerprint density at radius 2 is 2.07 bits per heavy atom. The number of nitrogens with zero attached hydrogens (tertiary/aromatic N) is 1. The van der Waals surface area contributed by atoms with E-state index in [0.29, 0.717) is 13.1 Å². The lowest BCUT2D eigenvalue weighted by Crippen LogP contribution is -2.47. The first-order valence-electron chi connectivity index (χ1n) is 4.66. The van der Waals surface area contributed by atoms with Crippen LogP contribution in [0.2, 0.25) is 0 Å². The third-order valence-corrected chi connectivity index (χ3v) is 1.73. The zero-order chi connectivity index (χ0) is 11.2. The van der Waals surface area contributed by atoms with Crippen LogP contribution >= 0.6 is 0 Å². The van der Waals surface area contributed by atoms with Crippen molar-refractivity contribution in [1.82, 2.24) is 15.5 Å². The molecule has 0 saturated carbocycles. The van der Waals surface area contributed by atoms with Gasteiger partial charge in [0.2, 0.25) is 5.91 Å². The van der Waals surface area contributed by atoms with Gasteiger partial charge in [0.05, 0.1) is 12.1 Å². The number of aliphatic hydroxyl groups is 1. The third kappa shape index (κ3) is 6.82. The van der Waals surface area contributed by atoms with Crippen molar-refractivity contribution in [1.29, 1.82) is 0 Å². The fourth-order valence-corrected chi connectivity index (χ4v) is 1.27. The molecule has 14 heavy (non-hydrogen) atoms. The van der Waals surface area contributed by atoms with Crippen LogP contribution in [0.1, 0.15) is 6.92 Å². The summed E-state index contributed by atoms with van der Waals surface area (Å²) in [5.74, 6) is -0.0781. The molecule has 0 rings (SSSR count). The molecular weight excluding hydrogens is 182 g/mol. The molecule has 0 saturated heterocycles. The van der Waals surface area contributed by atoms with Gasteiger partial charge >= 0.3 is 0 Å². The van der Waals surface area contributed by atoms with E-state index in [-0.39, 0.29) is 12.5 Å². The van der Waals surface area contributed by atoms with Gasteiger partial charge < -0.3 is 20.6 Å². The highest BCUT2D eigenvalue weighted by Gasteiger charge is 2.20. The number of likely N-dealkylation sites (N-methyl/N-ethyl adjacent to an activating group) is 2. The molecule has 1 amide bonds. The van der Waals surface area contributed by atoms with Crippen LogP contribution in [0.15, 0.2) is 0 Å². The molecule has 0 aromatic heterocycles. The number of amides is 1. The lowest BCUT2D eigenvalue weighted by Gasteiger charge is -2.27. The minimum Gasteiger partial charge on any atom is -0.388 e. The molecule has 84 valence electrons. The SMILES string of the molecule is CNC(=O)CNCC(C)(O)CN(C)C. The topological polar surface area (TPSA) is 64.6 Å². The van der Waals surface area contributed by atoms with Gasteiger partial charge in [-0.2, -0.15) is 0 Å². The van der Waals surface area contributed by atoms with E-state index in [1.54, 1.807) is 14.0 Å². The van der Waals surface area contributed by atoms with Crippen molar-refractivity contribution < 1.29 is 9.90 Å². The quantitative estimate of drug-likeness (QED) is 0.498. The fraction of sp³-hybridized carbons (Fsp3) is 0.889. The van der Waals surface area contributed by atoms with Gasteiger partial charge in [-0.1, -0.05) is 0 Å². The normalized spacial score (nSPS) is 15.3. The minimum atomic E-state index is -0.808. The van der Waals surface area contributed by atoms with E-state index < -0.39 is 5.60 Å². The number of carbonyl (C=O) groups is 1. The van der Waals surface area contributed by atoms with Gasteiger partial charge in [0.15, 0.2) is 0 Å². The Kier molecular flexibility index (Phi) is 5.68. The average molecular weight is 203 g/mol. The van der Waals surface area contributed by atoms with Crippen LogP contribution in [0, 0.1) is 0 Å². The molecule has 0 fully saturated rings. The Morgan fingerprint density at radius 1 is 1.50 bits per heavy atom. The molecule has 0 bridgehead atoms. The summed E-state index contributed by atoms with van der Waals surface area (Å²) in [5.41, 5.74) is -0.808. The van der Waals surface area contributed by atoms with E-state index in [4.69, 9.17) is 0 Å². The number of rotatable bonds is 6. The van der Waals surface area contributed by atoms with Gasteiger partial charge in [0, 0.05) is 20.1 Å². The van der Waals surface area contributed by atoms with Crippen LogP contribution < -0.4 is 10.6 Å². The molecule has 0 spiro atoms. The summed E-state index contributed by atoms with van der Waals surface area (Å²) in [6, 6.07) is 0. The van der Waals surface area contributed by atoms with E-state index in [9.17, 15) is 9.90 Å². The van der Waals surface area contributed by atoms with Gasteiger partial charge in [-0.05, 0) is 21.0 Å². The maximum absolute atomic E-state index is 10.9. The van der Waals surface area contributed by atoms with Crippen molar-refractivity contribution in [3.05, 3.63) is 0 Å². The second-order valence-corrected chi connectivity index (χ2v) is 4.01. The second-order valence-electron chi connectivity index (χ2n) is 4.01. The van der Waals surface area contributed by atoms with Crippen LogP contribution in [0.25, 0.3) is 0 Å². The lowest BCUT2D eigenvalue weighted by atomic mass is 10.1. The Morgan fingerprint density at radius 3 is 2.50 bits per heavy atom. The number of nitrogens with one attached hydrogen (secondary N) is 2. The molecule has 0 aromatic carbocycles. The van der Waals surface area contributed by atoms with Crippen molar-refractivity contribution in [2.24, 2.45) is 0 Å². The molecule has 0 aliphatic carbocycles. The van der Waals surface area contributed by atoms with E-state index in [1.165, 1.54) is 0 Å². The highest BCUT2D eigenvalue weighted by Crippen LogP contribution is 2.01. The first kappa shape index (κ1) is 13.4. The van der Waals surface area contributed by atoms with E-state index in [1.807, 2.05) is 19.0 Å². The molecule has 5 nitrogen and oxygen atoms in total. The van der Waals surface area contributed by atoms with Crippen molar-refractivity contribution in [2.45, 2.75) is 12.5 Å². The Hall–Kier alpha value is -0.650. The molecule has 0 heterocycles. The fourth-order valence-electron chi connectivity index (χ4n) is 1.27. The summed E-state index contributed by atoms with van der Waals surface area (Å²) < 4.78 is 0. The molecule has 0 aliphatic heterocycles. The minimum absolute atomic E-state index is 0.0781. The third-order valence-electron chi connectivity index (χ3n) is 1.73. The summed E-state index contributed by atoms with van der Waals surface area (Å²) in [7, 11) is 5.38.